The second-order valence-corrected chi connectivity index (χ2v) is 10.1. The predicted octanol–water partition coefficient (Wildman–Crippen LogP) is 5.23. The second-order valence-electron chi connectivity index (χ2n) is 6.37. The molecule has 2 aromatic carbocycles. The fourth-order valence-corrected chi connectivity index (χ4v) is 5.25. The van der Waals surface area contributed by atoms with E-state index in [4.69, 9.17) is 23.2 Å². The van der Waals surface area contributed by atoms with Crippen molar-refractivity contribution in [2.75, 3.05) is 11.1 Å². The molecule has 29 heavy (non-hydrogen) atoms. The van der Waals surface area contributed by atoms with Crippen LogP contribution in [0, 0.1) is 0 Å². The number of para-hydroxylation sites is 1. The molecule has 0 bridgehead atoms. The van der Waals surface area contributed by atoms with Crippen molar-refractivity contribution in [3.8, 4) is 10.6 Å². The van der Waals surface area contributed by atoms with Crippen LogP contribution in [0.1, 0.15) is 18.2 Å². The van der Waals surface area contributed by atoms with Crippen molar-refractivity contribution in [1.82, 2.24) is 4.98 Å². The summed E-state index contributed by atoms with van der Waals surface area (Å²) in [5.74, 6) is -1.71. The smallest absolute Gasteiger partial charge is 0.239 e. The third-order valence-electron chi connectivity index (χ3n) is 4.11. The quantitative estimate of drug-likeness (QED) is 0.514. The molecule has 0 aliphatic heterocycles. The number of amides is 1. The minimum absolute atomic E-state index is 0.197. The monoisotopic (exact) mass is 468 g/mol. The maximum absolute atomic E-state index is 12.4. The number of rotatable bonds is 7. The fraction of sp³-hybridized carbons (Fsp3) is 0.200. The summed E-state index contributed by atoms with van der Waals surface area (Å²) in [6, 6.07) is 12.7. The van der Waals surface area contributed by atoms with Crippen molar-refractivity contribution in [3.63, 3.8) is 0 Å². The van der Waals surface area contributed by atoms with Gasteiger partial charge in [0, 0.05) is 10.9 Å². The minimum atomic E-state index is -3.71. The van der Waals surface area contributed by atoms with Gasteiger partial charge in [-0.15, -0.1) is 11.3 Å². The van der Waals surface area contributed by atoms with Crippen LogP contribution in [0.25, 0.3) is 10.6 Å². The summed E-state index contributed by atoms with van der Waals surface area (Å²) in [4.78, 5) is 16.6. The highest BCUT2D eigenvalue weighted by Crippen LogP contribution is 2.30. The van der Waals surface area contributed by atoms with E-state index in [-0.39, 0.29) is 21.5 Å². The number of thiazole rings is 1. The van der Waals surface area contributed by atoms with Gasteiger partial charge in [-0.2, -0.15) is 0 Å². The maximum atomic E-state index is 12.4. The molecule has 0 saturated carbocycles. The molecule has 0 aliphatic rings. The van der Waals surface area contributed by atoms with Gasteiger partial charge in [0.05, 0.1) is 27.2 Å². The molecule has 5 nitrogen and oxygen atoms in total. The summed E-state index contributed by atoms with van der Waals surface area (Å²) >= 11 is 13.4. The molecular formula is C20H18Cl2N2O3S2. The standard InChI is InChI=1S/C20H18Cl2N2O3S2/c1-2-13-6-8-14(9-7-13)20-23-15(10-28-20)11-29(26,27)12-18(25)24-19-16(21)4-3-5-17(19)22/h3-10H,2,11-12H2,1H3,(H,24,25). The normalized spacial score (nSPS) is 11.4. The Hall–Kier alpha value is -1.93. The first kappa shape index (κ1) is 21.8. The van der Waals surface area contributed by atoms with E-state index in [1.54, 1.807) is 23.6 Å². The molecule has 1 N–H and O–H groups in total. The maximum Gasteiger partial charge on any atom is 0.239 e. The van der Waals surface area contributed by atoms with Gasteiger partial charge < -0.3 is 5.32 Å². The van der Waals surface area contributed by atoms with Crippen LogP contribution in [0.5, 0.6) is 0 Å². The van der Waals surface area contributed by atoms with Crippen molar-refractivity contribution in [3.05, 3.63) is 69.1 Å². The van der Waals surface area contributed by atoms with E-state index in [2.05, 4.69) is 17.2 Å². The second kappa shape index (κ2) is 9.26. The van der Waals surface area contributed by atoms with Crippen LogP contribution in [0.2, 0.25) is 10.0 Å². The molecule has 0 atom stereocenters. The first-order valence-corrected chi connectivity index (χ1v) is 12.2. The number of anilines is 1. The SMILES string of the molecule is CCc1ccc(-c2nc(CS(=O)(=O)CC(=O)Nc3c(Cl)cccc3Cl)cs2)cc1. The van der Waals surface area contributed by atoms with Gasteiger partial charge in [-0.25, -0.2) is 13.4 Å². The fourth-order valence-electron chi connectivity index (χ4n) is 2.66. The summed E-state index contributed by atoms with van der Waals surface area (Å²) in [5.41, 5.74) is 2.76. The number of benzene rings is 2. The lowest BCUT2D eigenvalue weighted by molar-refractivity contribution is -0.113. The van der Waals surface area contributed by atoms with Gasteiger partial charge in [-0.3, -0.25) is 4.79 Å². The zero-order valence-electron chi connectivity index (χ0n) is 15.5. The topological polar surface area (TPSA) is 76.1 Å². The Morgan fingerprint density at radius 2 is 1.76 bits per heavy atom. The number of nitrogens with one attached hydrogen (secondary N) is 1. The van der Waals surface area contributed by atoms with Gasteiger partial charge in [-0.1, -0.05) is 60.5 Å². The summed E-state index contributed by atoms with van der Waals surface area (Å²) < 4.78 is 24.9. The third kappa shape index (κ3) is 5.79. The first-order chi connectivity index (χ1) is 13.8. The first-order valence-electron chi connectivity index (χ1n) is 8.75. The number of carbonyl (C=O) groups excluding carboxylic acids is 1. The van der Waals surface area contributed by atoms with Crippen LogP contribution in [0.3, 0.4) is 0 Å². The molecule has 1 aromatic heterocycles. The van der Waals surface area contributed by atoms with E-state index in [1.807, 2.05) is 24.3 Å². The van der Waals surface area contributed by atoms with Gasteiger partial charge in [0.25, 0.3) is 0 Å². The Balaban J connectivity index is 1.66. The van der Waals surface area contributed by atoms with Crippen molar-refractivity contribution < 1.29 is 13.2 Å². The summed E-state index contributed by atoms with van der Waals surface area (Å²) in [7, 11) is -3.71. The average molecular weight is 469 g/mol. The zero-order valence-corrected chi connectivity index (χ0v) is 18.6. The molecule has 3 aromatic rings. The lowest BCUT2D eigenvalue weighted by Gasteiger charge is -2.09. The van der Waals surface area contributed by atoms with Crippen molar-refractivity contribution >= 4 is 56.0 Å². The number of sulfone groups is 1. The average Bonchev–Trinajstić information content (AvgIpc) is 3.12. The Kier molecular flexibility index (Phi) is 6.95. The molecule has 9 heteroatoms. The number of hydrogen-bond acceptors (Lipinski definition) is 5. The predicted molar refractivity (Wildman–Crippen MR) is 120 cm³/mol. The van der Waals surface area contributed by atoms with Crippen LogP contribution < -0.4 is 5.32 Å². The van der Waals surface area contributed by atoms with Crippen molar-refractivity contribution in [2.45, 2.75) is 19.1 Å². The molecule has 0 unspecified atom stereocenters. The molecule has 1 heterocycles. The minimum Gasteiger partial charge on any atom is -0.323 e. The molecule has 0 fully saturated rings. The number of carbonyl (C=O) groups is 1. The van der Waals surface area contributed by atoms with E-state index < -0.39 is 21.5 Å². The van der Waals surface area contributed by atoms with Crippen molar-refractivity contribution in [2.24, 2.45) is 0 Å². The largest absolute Gasteiger partial charge is 0.323 e. The number of hydrogen-bond donors (Lipinski definition) is 1. The number of nitrogens with zero attached hydrogens (tertiary/aromatic N) is 1. The molecule has 152 valence electrons. The summed E-state index contributed by atoms with van der Waals surface area (Å²) in [6.45, 7) is 2.08. The lowest BCUT2D eigenvalue weighted by Crippen LogP contribution is -2.24. The van der Waals surface area contributed by atoms with Gasteiger partial charge in [0.2, 0.25) is 5.91 Å². The molecule has 1 amide bonds. The van der Waals surface area contributed by atoms with E-state index in [9.17, 15) is 13.2 Å². The molecule has 0 radical (unpaired) electrons. The molecule has 0 aliphatic carbocycles. The summed E-state index contributed by atoms with van der Waals surface area (Å²) in [6.07, 6.45) is 0.948. The van der Waals surface area contributed by atoms with E-state index in [1.165, 1.54) is 16.9 Å². The van der Waals surface area contributed by atoms with E-state index >= 15 is 0 Å². The van der Waals surface area contributed by atoms with Crippen molar-refractivity contribution in [1.29, 1.82) is 0 Å². The van der Waals surface area contributed by atoms with Crippen LogP contribution >= 0.6 is 34.5 Å². The number of aromatic nitrogens is 1. The lowest BCUT2D eigenvalue weighted by atomic mass is 10.1. The zero-order chi connectivity index (χ0) is 21.0. The Morgan fingerprint density at radius 3 is 2.38 bits per heavy atom. The highest BCUT2D eigenvalue weighted by molar-refractivity contribution is 7.91. The Bertz CT molecular complexity index is 1110. The highest BCUT2D eigenvalue weighted by atomic mass is 35.5. The van der Waals surface area contributed by atoms with Gasteiger partial charge in [0.15, 0.2) is 9.84 Å². The highest BCUT2D eigenvalue weighted by Gasteiger charge is 2.21. The van der Waals surface area contributed by atoms with Gasteiger partial charge in [-0.05, 0) is 24.1 Å². The van der Waals surface area contributed by atoms with Gasteiger partial charge in [0.1, 0.15) is 10.8 Å². The van der Waals surface area contributed by atoms with E-state index in [0.717, 1.165) is 17.0 Å². The third-order valence-corrected chi connectivity index (χ3v) is 7.11. The molecule has 0 saturated heterocycles. The summed E-state index contributed by atoms with van der Waals surface area (Å²) in [5, 5.41) is 5.38. The van der Waals surface area contributed by atoms with Crippen LogP contribution in [-0.4, -0.2) is 25.1 Å². The Labute approximate surface area is 183 Å². The van der Waals surface area contributed by atoms with Crippen LogP contribution in [0.15, 0.2) is 47.8 Å². The number of aryl methyl sites for hydroxylation is 1. The van der Waals surface area contributed by atoms with Crippen LogP contribution in [0.4, 0.5) is 5.69 Å². The molecule has 0 spiro atoms. The molecular weight excluding hydrogens is 451 g/mol. The van der Waals surface area contributed by atoms with E-state index in [0.29, 0.717) is 5.69 Å². The van der Waals surface area contributed by atoms with Gasteiger partial charge >= 0.3 is 0 Å². The number of halogens is 2. The Morgan fingerprint density at radius 1 is 1.10 bits per heavy atom. The molecule has 3 rings (SSSR count). The van der Waals surface area contributed by atoms with Crippen LogP contribution in [-0.2, 0) is 26.8 Å².